The predicted molar refractivity (Wildman–Crippen MR) is 87.5 cm³/mol. The van der Waals surface area contributed by atoms with Crippen molar-refractivity contribution in [3.05, 3.63) is 29.6 Å². The highest BCUT2D eigenvalue weighted by Gasteiger charge is 2.33. The minimum atomic E-state index is -0.517. The molecule has 24 heavy (non-hydrogen) atoms. The molecule has 2 aliphatic heterocycles. The van der Waals surface area contributed by atoms with Gasteiger partial charge in [0.25, 0.3) is 0 Å². The number of piperidine rings is 1. The van der Waals surface area contributed by atoms with Gasteiger partial charge in [0, 0.05) is 13.5 Å². The summed E-state index contributed by atoms with van der Waals surface area (Å²) in [6.45, 7) is 3.71. The molecule has 2 heterocycles. The molecule has 2 fully saturated rings. The Morgan fingerprint density at radius 1 is 1.50 bits per heavy atom. The van der Waals surface area contributed by atoms with Crippen LogP contribution in [0.4, 0.5) is 14.9 Å². The molecule has 2 atom stereocenters. The van der Waals surface area contributed by atoms with Gasteiger partial charge in [0.1, 0.15) is 11.9 Å². The second-order valence-electron chi connectivity index (χ2n) is 6.30. The molecule has 130 valence electrons. The third-order valence-corrected chi connectivity index (χ3v) is 4.49. The number of nitrogens with one attached hydrogen (secondary N) is 2. The van der Waals surface area contributed by atoms with E-state index in [2.05, 4.69) is 10.6 Å². The van der Waals surface area contributed by atoms with Gasteiger partial charge in [0.05, 0.1) is 18.8 Å². The molecule has 1 aromatic carbocycles. The molecule has 6 nitrogen and oxygen atoms in total. The van der Waals surface area contributed by atoms with Crippen molar-refractivity contribution in [2.45, 2.75) is 31.8 Å². The highest BCUT2D eigenvalue weighted by atomic mass is 19.1. The zero-order chi connectivity index (χ0) is 17.1. The lowest BCUT2D eigenvalue weighted by atomic mass is 9.91. The van der Waals surface area contributed by atoms with Gasteiger partial charge in [0.2, 0.25) is 5.91 Å². The normalized spacial score (nSPS) is 23.9. The quantitative estimate of drug-likeness (QED) is 0.879. The molecule has 0 radical (unpaired) electrons. The Balaban J connectivity index is 1.69. The fourth-order valence-corrected chi connectivity index (χ4v) is 3.23. The van der Waals surface area contributed by atoms with E-state index < -0.39 is 12.2 Å². The van der Waals surface area contributed by atoms with Crippen molar-refractivity contribution in [1.29, 1.82) is 0 Å². The van der Waals surface area contributed by atoms with Crippen LogP contribution in [0.5, 0.6) is 0 Å². The molecule has 0 aromatic heterocycles. The zero-order valence-corrected chi connectivity index (χ0v) is 13.7. The summed E-state index contributed by atoms with van der Waals surface area (Å²) >= 11 is 0. The highest BCUT2D eigenvalue weighted by Crippen LogP contribution is 2.30. The third-order valence-electron chi connectivity index (χ3n) is 4.49. The molecule has 3 rings (SSSR count). The number of benzene rings is 1. The van der Waals surface area contributed by atoms with Crippen molar-refractivity contribution in [2.24, 2.45) is 0 Å². The van der Waals surface area contributed by atoms with E-state index in [9.17, 15) is 14.0 Å². The van der Waals surface area contributed by atoms with E-state index in [1.54, 1.807) is 12.1 Å². The van der Waals surface area contributed by atoms with Crippen LogP contribution in [0, 0.1) is 5.82 Å². The van der Waals surface area contributed by atoms with Crippen LogP contribution in [0.1, 0.15) is 31.2 Å². The maximum Gasteiger partial charge on any atom is 0.414 e. The number of amides is 2. The molecule has 0 bridgehead atoms. The van der Waals surface area contributed by atoms with Crippen LogP contribution in [-0.2, 0) is 9.53 Å². The smallest absolute Gasteiger partial charge is 0.414 e. The van der Waals surface area contributed by atoms with Gasteiger partial charge >= 0.3 is 6.09 Å². The van der Waals surface area contributed by atoms with Gasteiger partial charge in [-0.1, -0.05) is 6.07 Å². The number of cyclic esters (lactones) is 1. The Morgan fingerprint density at radius 2 is 2.33 bits per heavy atom. The maximum atomic E-state index is 14.5. The number of anilines is 1. The number of nitrogens with zero attached hydrogens (tertiary/aromatic N) is 1. The predicted octanol–water partition coefficient (Wildman–Crippen LogP) is 1.75. The van der Waals surface area contributed by atoms with Crippen molar-refractivity contribution in [3.63, 3.8) is 0 Å². The summed E-state index contributed by atoms with van der Waals surface area (Å²) in [6.07, 6.45) is 1.06. The number of carbonyl (C=O) groups excluding carboxylic acids is 2. The van der Waals surface area contributed by atoms with Crippen molar-refractivity contribution in [1.82, 2.24) is 10.6 Å². The number of hydrogen-bond donors (Lipinski definition) is 2. The number of hydrogen-bond acceptors (Lipinski definition) is 4. The number of rotatable bonds is 4. The molecular formula is C17H22FN3O3. The van der Waals surface area contributed by atoms with E-state index in [1.165, 1.54) is 17.9 Å². The monoisotopic (exact) mass is 335 g/mol. The van der Waals surface area contributed by atoms with Crippen molar-refractivity contribution in [3.8, 4) is 0 Å². The van der Waals surface area contributed by atoms with E-state index in [1.807, 2.05) is 0 Å². The summed E-state index contributed by atoms with van der Waals surface area (Å²) in [6, 6.07) is 4.91. The molecule has 0 spiro atoms. The summed E-state index contributed by atoms with van der Waals surface area (Å²) in [5, 5.41) is 5.90. The minimum Gasteiger partial charge on any atom is -0.442 e. The number of halogens is 1. The Bertz CT molecular complexity index is 632. The van der Waals surface area contributed by atoms with Crippen LogP contribution in [0.25, 0.3) is 0 Å². The fraction of sp³-hybridized carbons (Fsp3) is 0.529. The first-order valence-electron chi connectivity index (χ1n) is 8.27. The average Bonchev–Trinajstić information content (AvgIpc) is 2.94. The molecule has 7 heteroatoms. The van der Waals surface area contributed by atoms with E-state index in [-0.39, 0.29) is 24.2 Å². The summed E-state index contributed by atoms with van der Waals surface area (Å²) in [7, 11) is 0. The summed E-state index contributed by atoms with van der Waals surface area (Å²) < 4.78 is 19.7. The first-order valence-corrected chi connectivity index (χ1v) is 8.27. The van der Waals surface area contributed by atoms with Gasteiger partial charge in [-0.05, 0) is 43.0 Å². The molecule has 0 saturated carbocycles. The Labute approximate surface area is 140 Å². The van der Waals surface area contributed by atoms with E-state index in [4.69, 9.17) is 4.74 Å². The van der Waals surface area contributed by atoms with Crippen LogP contribution in [0.15, 0.2) is 18.2 Å². The Morgan fingerprint density at radius 3 is 3.00 bits per heavy atom. The van der Waals surface area contributed by atoms with E-state index in [0.29, 0.717) is 17.8 Å². The van der Waals surface area contributed by atoms with Gasteiger partial charge in [-0.25, -0.2) is 9.18 Å². The first kappa shape index (κ1) is 16.7. The second kappa shape index (κ2) is 7.17. The van der Waals surface area contributed by atoms with E-state index >= 15 is 0 Å². The molecule has 1 unspecified atom stereocenters. The maximum absolute atomic E-state index is 14.5. The van der Waals surface area contributed by atoms with Crippen LogP contribution < -0.4 is 15.5 Å². The Hall–Kier alpha value is -2.15. The van der Waals surface area contributed by atoms with Crippen LogP contribution in [-0.4, -0.2) is 44.3 Å². The highest BCUT2D eigenvalue weighted by molar-refractivity contribution is 5.89. The number of carbonyl (C=O) groups is 2. The zero-order valence-electron chi connectivity index (χ0n) is 13.7. The largest absolute Gasteiger partial charge is 0.442 e. The summed E-state index contributed by atoms with van der Waals surface area (Å²) in [5.41, 5.74) is 1.17. The SMILES string of the molecule is CC(=O)NC[C@H]1CN(c2ccc(C3CCCNC3)c(F)c2)C(=O)O1. The van der Waals surface area contributed by atoms with Gasteiger partial charge in [-0.15, -0.1) is 0 Å². The lowest BCUT2D eigenvalue weighted by Gasteiger charge is -2.24. The van der Waals surface area contributed by atoms with Crippen molar-refractivity contribution >= 4 is 17.7 Å². The van der Waals surface area contributed by atoms with Crippen LogP contribution in [0.3, 0.4) is 0 Å². The fourth-order valence-electron chi connectivity index (χ4n) is 3.23. The van der Waals surface area contributed by atoms with Crippen LogP contribution in [0.2, 0.25) is 0 Å². The molecule has 2 saturated heterocycles. The van der Waals surface area contributed by atoms with Gasteiger partial charge in [0.15, 0.2) is 0 Å². The topological polar surface area (TPSA) is 70.7 Å². The average molecular weight is 335 g/mol. The van der Waals surface area contributed by atoms with Gasteiger partial charge < -0.3 is 15.4 Å². The number of ether oxygens (including phenoxy) is 1. The lowest BCUT2D eigenvalue weighted by molar-refractivity contribution is -0.119. The lowest BCUT2D eigenvalue weighted by Crippen LogP contribution is -2.33. The molecule has 0 aliphatic carbocycles. The Kier molecular flexibility index (Phi) is 4.99. The van der Waals surface area contributed by atoms with E-state index in [0.717, 1.165) is 25.9 Å². The molecule has 1 aromatic rings. The molecule has 2 N–H and O–H groups in total. The molecular weight excluding hydrogens is 313 g/mol. The second-order valence-corrected chi connectivity index (χ2v) is 6.30. The first-order chi connectivity index (χ1) is 11.5. The van der Waals surface area contributed by atoms with Gasteiger partial charge in [-0.3, -0.25) is 9.69 Å². The molecule has 2 amide bonds. The standard InChI is InChI=1S/C17H22FN3O3/c1-11(22)20-9-14-10-21(17(23)24-14)13-4-5-15(16(18)7-13)12-3-2-6-19-8-12/h4-5,7,12,14,19H,2-3,6,8-10H2,1H3,(H,20,22)/t12?,14-/m0/s1. The van der Waals surface area contributed by atoms with Crippen molar-refractivity contribution in [2.75, 3.05) is 31.1 Å². The summed E-state index contributed by atoms with van der Waals surface area (Å²) in [5.74, 6) is -0.300. The minimum absolute atomic E-state index is 0.172. The van der Waals surface area contributed by atoms with Crippen LogP contribution >= 0.6 is 0 Å². The third kappa shape index (κ3) is 3.67. The van der Waals surface area contributed by atoms with Crippen molar-refractivity contribution < 1.29 is 18.7 Å². The van der Waals surface area contributed by atoms with Gasteiger partial charge in [-0.2, -0.15) is 0 Å². The molecule has 2 aliphatic rings. The summed E-state index contributed by atoms with van der Waals surface area (Å²) in [4.78, 5) is 24.3.